The van der Waals surface area contributed by atoms with Crippen LogP contribution in [0.5, 0.6) is 0 Å². The summed E-state index contributed by atoms with van der Waals surface area (Å²) in [5, 5.41) is 10.7. The van der Waals surface area contributed by atoms with E-state index >= 15 is 0 Å². The molecule has 1 saturated carbocycles. The van der Waals surface area contributed by atoms with Crippen molar-refractivity contribution in [2.24, 2.45) is 5.92 Å². The van der Waals surface area contributed by atoms with E-state index in [2.05, 4.69) is 0 Å². The summed E-state index contributed by atoms with van der Waals surface area (Å²) in [7, 11) is 0. The Morgan fingerprint density at radius 2 is 1.86 bits per heavy atom. The van der Waals surface area contributed by atoms with E-state index in [0.29, 0.717) is 21.9 Å². The molecule has 1 aromatic carbocycles. The number of aliphatic hydroxyl groups is 1. The van der Waals surface area contributed by atoms with Crippen LogP contribution in [-0.4, -0.2) is 11.2 Å². The van der Waals surface area contributed by atoms with Crippen LogP contribution in [0.1, 0.15) is 24.8 Å². The Labute approximate surface area is 93.7 Å². The van der Waals surface area contributed by atoms with E-state index in [1.165, 1.54) is 0 Å². The molecule has 76 valence electrons. The van der Waals surface area contributed by atoms with Gasteiger partial charge in [0, 0.05) is 10.0 Å². The lowest BCUT2D eigenvalue weighted by molar-refractivity contribution is 0.169. The Balaban J connectivity index is 2.19. The molecule has 14 heavy (non-hydrogen) atoms. The summed E-state index contributed by atoms with van der Waals surface area (Å²) in [4.78, 5) is 0. The SMILES string of the molecule is C[C@@H](O)[C@@H]1C[C@@H]1c1cc(Cl)cc(Cl)c1. The fourth-order valence-electron chi connectivity index (χ4n) is 1.92. The van der Waals surface area contributed by atoms with Gasteiger partial charge in [0.2, 0.25) is 0 Å². The monoisotopic (exact) mass is 230 g/mol. The van der Waals surface area contributed by atoms with E-state index in [9.17, 15) is 5.11 Å². The standard InChI is InChI=1S/C11H12Cl2O/c1-6(14)10-5-11(10)7-2-8(12)4-9(13)3-7/h2-4,6,10-11,14H,5H2,1H3/t6-,10+,11-/m1/s1. The second-order valence-corrected chi connectivity index (χ2v) is 4.82. The highest BCUT2D eigenvalue weighted by Gasteiger charge is 2.41. The van der Waals surface area contributed by atoms with Crippen molar-refractivity contribution in [2.75, 3.05) is 0 Å². The Hall–Kier alpha value is -0.240. The third-order valence-electron chi connectivity index (χ3n) is 2.77. The first-order chi connectivity index (χ1) is 6.58. The fraction of sp³-hybridized carbons (Fsp3) is 0.455. The average molecular weight is 231 g/mol. The molecule has 2 rings (SSSR count). The Morgan fingerprint density at radius 1 is 1.29 bits per heavy atom. The van der Waals surface area contributed by atoms with Crippen molar-refractivity contribution in [3.63, 3.8) is 0 Å². The van der Waals surface area contributed by atoms with Crippen LogP contribution in [0.4, 0.5) is 0 Å². The van der Waals surface area contributed by atoms with Crippen molar-refractivity contribution in [3.05, 3.63) is 33.8 Å². The molecular weight excluding hydrogens is 219 g/mol. The van der Waals surface area contributed by atoms with Crippen molar-refractivity contribution in [2.45, 2.75) is 25.4 Å². The molecular formula is C11H12Cl2O. The summed E-state index contributed by atoms with van der Waals surface area (Å²) in [6, 6.07) is 5.59. The molecule has 1 fully saturated rings. The summed E-state index contributed by atoms with van der Waals surface area (Å²) in [5.41, 5.74) is 1.15. The lowest BCUT2D eigenvalue weighted by Crippen LogP contribution is -2.03. The van der Waals surface area contributed by atoms with Gasteiger partial charge in [0.25, 0.3) is 0 Å². The summed E-state index contributed by atoms with van der Waals surface area (Å²) < 4.78 is 0. The fourth-order valence-corrected chi connectivity index (χ4v) is 2.46. The normalized spacial score (nSPS) is 27.4. The molecule has 0 unspecified atom stereocenters. The number of hydrogen-bond acceptors (Lipinski definition) is 1. The number of hydrogen-bond donors (Lipinski definition) is 1. The minimum atomic E-state index is -0.238. The Bertz CT molecular complexity index is 329. The third-order valence-corrected chi connectivity index (χ3v) is 3.21. The molecule has 0 radical (unpaired) electrons. The van der Waals surface area contributed by atoms with Crippen molar-refractivity contribution in [3.8, 4) is 0 Å². The second-order valence-electron chi connectivity index (χ2n) is 3.95. The lowest BCUT2D eigenvalue weighted by Gasteiger charge is -2.04. The highest BCUT2D eigenvalue weighted by atomic mass is 35.5. The average Bonchev–Trinajstić information content (AvgIpc) is 2.79. The van der Waals surface area contributed by atoms with Gasteiger partial charge < -0.3 is 5.11 Å². The van der Waals surface area contributed by atoms with Gasteiger partial charge in [-0.25, -0.2) is 0 Å². The van der Waals surface area contributed by atoms with Gasteiger partial charge in [-0.2, -0.15) is 0 Å². The van der Waals surface area contributed by atoms with Gasteiger partial charge in [-0.3, -0.25) is 0 Å². The lowest BCUT2D eigenvalue weighted by atomic mass is 10.1. The van der Waals surface area contributed by atoms with Crippen LogP contribution >= 0.6 is 23.2 Å². The minimum Gasteiger partial charge on any atom is -0.393 e. The predicted octanol–water partition coefficient (Wildman–Crippen LogP) is 3.48. The van der Waals surface area contributed by atoms with Crippen molar-refractivity contribution in [1.29, 1.82) is 0 Å². The predicted molar refractivity (Wildman–Crippen MR) is 59.0 cm³/mol. The molecule has 0 heterocycles. The molecule has 0 aromatic heterocycles. The summed E-state index contributed by atoms with van der Waals surface area (Å²) in [6.07, 6.45) is 0.798. The van der Waals surface area contributed by atoms with E-state index in [1.54, 1.807) is 6.07 Å². The maximum Gasteiger partial charge on any atom is 0.0546 e. The zero-order chi connectivity index (χ0) is 10.3. The van der Waals surface area contributed by atoms with Gasteiger partial charge in [0.05, 0.1) is 6.10 Å². The van der Waals surface area contributed by atoms with Crippen molar-refractivity contribution >= 4 is 23.2 Å². The van der Waals surface area contributed by atoms with Gasteiger partial charge in [0.15, 0.2) is 0 Å². The van der Waals surface area contributed by atoms with Crippen LogP contribution in [0.3, 0.4) is 0 Å². The van der Waals surface area contributed by atoms with E-state index in [4.69, 9.17) is 23.2 Å². The highest BCUT2D eigenvalue weighted by Crippen LogP contribution is 2.50. The first-order valence-electron chi connectivity index (χ1n) is 4.72. The summed E-state index contributed by atoms with van der Waals surface area (Å²) in [6.45, 7) is 1.83. The van der Waals surface area contributed by atoms with Gasteiger partial charge in [0.1, 0.15) is 0 Å². The van der Waals surface area contributed by atoms with Gasteiger partial charge in [-0.1, -0.05) is 23.2 Å². The molecule has 0 spiro atoms. The molecule has 0 aliphatic heterocycles. The third kappa shape index (κ3) is 2.05. The van der Waals surface area contributed by atoms with Crippen LogP contribution in [0.2, 0.25) is 10.0 Å². The van der Waals surface area contributed by atoms with Gasteiger partial charge >= 0.3 is 0 Å². The van der Waals surface area contributed by atoms with E-state index in [-0.39, 0.29) is 6.10 Å². The highest BCUT2D eigenvalue weighted by molar-refractivity contribution is 6.34. The van der Waals surface area contributed by atoms with Crippen molar-refractivity contribution in [1.82, 2.24) is 0 Å². The maximum absolute atomic E-state index is 9.40. The molecule has 0 amide bonds. The van der Waals surface area contributed by atoms with Gasteiger partial charge in [-0.05, 0) is 48.9 Å². The first kappa shape index (κ1) is 10.3. The molecule has 3 heteroatoms. The van der Waals surface area contributed by atoms with Gasteiger partial charge in [-0.15, -0.1) is 0 Å². The van der Waals surface area contributed by atoms with Crippen LogP contribution in [0.15, 0.2) is 18.2 Å². The van der Waals surface area contributed by atoms with E-state index in [1.807, 2.05) is 19.1 Å². The Morgan fingerprint density at radius 3 is 2.29 bits per heavy atom. The number of aliphatic hydroxyl groups excluding tert-OH is 1. The number of benzene rings is 1. The van der Waals surface area contributed by atoms with E-state index in [0.717, 1.165) is 12.0 Å². The molecule has 1 N–H and O–H groups in total. The molecule has 1 aliphatic carbocycles. The first-order valence-corrected chi connectivity index (χ1v) is 5.47. The molecule has 1 aliphatic rings. The second kappa shape index (κ2) is 3.73. The number of rotatable bonds is 2. The van der Waals surface area contributed by atoms with Crippen LogP contribution in [-0.2, 0) is 0 Å². The van der Waals surface area contributed by atoms with E-state index < -0.39 is 0 Å². The smallest absolute Gasteiger partial charge is 0.0546 e. The molecule has 1 aromatic rings. The largest absolute Gasteiger partial charge is 0.393 e. The molecule has 0 saturated heterocycles. The molecule has 3 atom stereocenters. The summed E-state index contributed by atoms with van der Waals surface area (Å²) in [5.74, 6) is 0.815. The zero-order valence-electron chi connectivity index (χ0n) is 7.87. The van der Waals surface area contributed by atoms with Crippen LogP contribution < -0.4 is 0 Å². The minimum absolute atomic E-state index is 0.238. The Kier molecular flexibility index (Phi) is 2.74. The van der Waals surface area contributed by atoms with Crippen molar-refractivity contribution < 1.29 is 5.11 Å². The maximum atomic E-state index is 9.40. The molecule has 0 bridgehead atoms. The topological polar surface area (TPSA) is 20.2 Å². The summed E-state index contributed by atoms with van der Waals surface area (Å²) >= 11 is 11.8. The quantitative estimate of drug-likeness (QED) is 0.826. The zero-order valence-corrected chi connectivity index (χ0v) is 9.39. The number of halogens is 2. The van der Waals surface area contributed by atoms with Crippen LogP contribution in [0, 0.1) is 5.92 Å². The molecule has 1 nitrogen and oxygen atoms in total. The van der Waals surface area contributed by atoms with Crippen LogP contribution in [0.25, 0.3) is 0 Å².